The zero-order valence-corrected chi connectivity index (χ0v) is 14.9. The first-order valence-electron chi connectivity index (χ1n) is 7.60. The molecule has 0 radical (unpaired) electrons. The zero-order chi connectivity index (χ0) is 16.9. The second kappa shape index (κ2) is 12.6. The van der Waals surface area contributed by atoms with Crippen molar-refractivity contribution < 1.29 is 14.3 Å². The lowest BCUT2D eigenvalue weighted by atomic mass is 10.0. The van der Waals surface area contributed by atoms with E-state index >= 15 is 0 Å². The van der Waals surface area contributed by atoms with Crippen molar-refractivity contribution in [3.8, 4) is 0 Å². The van der Waals surface area contributed by atoms with Gasteiger partial charge in [-0.25, -0.2) is 0 Å². The molecule has 1 aromatic carbocycles. The Labute approximate surface area is 147 Å². The third kappa shape index (κ3) is 8.53. The topological polar surface area (TPSA) is 66.1 Å². The van der Waals surface area contributed by atoms with Crippen molar-refractivity contribution in [3.05, 3.63) is 33.8 Å². The standard InChI is InChI=1S/C16H24Cl2N2O3/c1-21-10-11-22-8-3-2-4-16(20-23-9-7-19)13-5-6-14(17)15(18)12-13/h5-6,12H,2-4,7-11,19H2,1H3. The van der Waals surface area contributed by atoms with Crippen LogP contribution in [0.25, 0.3) is 0 Å². The van der Waals surface area contributed by atoms with E-state index in [4.69, 9.17) is 43.2 Å². The van der Waals surface area contributed by atoms with E-state index in [1.54, 1.807) is 19.2 Å². The molecule has 0 aromatic heterocycles. The maximum absolute atomic E-state index is 6.07. The fraction of sp³-hybridized carbons (Fsp3) is 0.562. The van der Waals surface area contributed by atoms with E-state index in [9.17, 15) is 0 Å². The monoisotopic (exact) mass is 362 g/mol. The van der Waals surface area contributed by atoms with Gasteiger partial charge in [0.1, 0.15) is 6.61 Å². The van der Waals surface area contributed by atoms with Crippen LogP contribution in [0, 0.1) is 0 Å². The molecule has 0 aliphatic heterocycles. The van der Waals surface area contributed by atoms with Gasteiger partial charge in [-0.3, -0.25) is 0 Å². The largest absolute Gasteiger partial charge is 0.394 e. The molecule has 1 rings (SSSR count). The average Bonchev–Trinajstić information content (AvgIpc) is 2.55. The number of nitrogens with two attached hydrogens (primary N) is 1. The van der Waals surface area contributed by atoms with Crippen molar-refractivity contribution in [2.75, 3.05) is 40.1 Å². The number of hydrogen-bond acceptors (Lipinski definition) is 5. The van der Waals surface area contributed by atoms with Gasteiger partial charge >= 0.3 is 0 Å². The van der Waals surface area contributed by atoms with Gasteiger partial charge < -0.3 is 20.0 Å². The fourth-order valence-electron chi connectivity index (χ4n) is 1.84. The predicted molar refractivity (Wildman–Crippen MR) is 94.6 cm³/mol. The summed E-state index contributed by atoms with van der Waals surface area (Å²) in [5.74, 6) is 0. The van der Waals surface area contributed by atoms with Crippen molar-refractivity contribution in [2.24, 2.45) is 10.9 Å². The molecule has 23 heavy (non-hydrogen) atoms. The van der Waals surface area contributed by atoms with Crippen molar-refractivity contribution >= 4 is 28.9 Å². The summed E-state index contributed by atoms with van der Waals surface area (Å²) in [5.41, 5.74) is 7.14. The highest BCUT2D eigenvalue weighted by Gasteiger charge is 2.08. The molecule has 0 unspecified atom stereocenters. The minimum atomic E-state index is 0.380. The van der Waals surface area contributed by atoms with Crippen LogP contribution in [0.1, 0.15) is 24.8 Å². The van der Waals surface area contributed by atoms with Crippen LogP contribution in [0.15, 0.2) is 23.4 Å². The summed E-state index contributed by atoms with van der Waals surface area (Å²) in [6.07, 6.45) is 2.62. The number of benzene rings is 1. The van der Waals surface area contributed by atoms with Gasteiger partial charge in [-0.15, -0.1) is 0 Å². The van der Waals surface area contributed by atoms with E-state index in [1.807, 2.05) is 6.07 Å². The highest BCUT2D eigenvalue weighted by molar-refractivity contribution is 6.42. The molecule has 7 heteroatoms. The molecule has 2 N–H and O–H groups in total. The van der Waals surface area contributed by atoms with Gasteiger partial charge in [0.15, 0.2) is 0 Å². The van der Waals surface area contributed by atoms with Crippen molar-refractivity contribution in [1.29, 1.82) is 0 Å². The van der Waals surface area contributed by atoms with Gasteiger partial charge in [-0.2, -0.15) is 0 Å². The highest BCUT2D eigenvalue weighted by atomic mass is 35.5. The van der Waals surface area contributed by atoms with Gasteiger partial charge in [-0.1, -0.05) is 34.4 Å². The van der Waals surface area contributed by atoms with Gasteiger partial charge in [0.25, 0.3) is 0 Å². The third-order valence-electron chi connectivity index (χ3n) is 3.02. The van der Waals surface area contributed by atoms with Crippen LogP contribution in [-0.2, 0) is 14.3 Å². The Morgan fingerprint density at radius 2 is 1.91 bits per heavy atom. The number of oxime groups is 1. The van der Waals surface area contributed by atoms with Crippen molar-refractivity contribution in [1.82, 2.24) is 0 Å². The fourth-order valence-corrected chi connectivity index (χ4v) is 2.13. The molecular formula is C16H24Cl2N2O3. The molecule has 130 valence electrons. The quantitative estimate of drug-likeness (QED) is 0.351. The normalized spacial score (nSPS) is 11.7. The van der Waals surface area contributed by atoms with Crippen molar-refractivity contribution in [2.45, 2.75) is 19.3 Å². The lowest BCUT2D eigenvalue weighted by Crippen LogP contribution is -2.09. The number of hydrogen-bond donors (Lipinski definition) is 1. The van der Waals surface area contributed by atoms with Gasteiger partial charge in [-0.05, 0) is 31.4 Å². The predicted octanol–water partition coefficient (Wildman–Crippen LogP) is 3.51. The summed E-state index contributed by atoms with van der Waals surface area (Å²) in [5, 5.41) is 5.19. The summed E-state index contributed by atoms with van der Waals surface area (Å²) in [7, 11) is 1.66. The Morgan fingerprint density at radius 1 is 1.09 bits per heavy atom. The lowest BCUT2D eigenvalue weighted by Gasteiger charge is -2.09. The van der Waals surface area contributed by atoms with E-state index in [0.29, 0.717) is 43.0 Å². The Kier molecular flexibility index (Phi) is 11.0. The first kappa shape index (κ1) is 20.2. The van der Waals surface area contributed by atoms with Gasteiger partial charge in [0, 0.05) is 25.8 Å². The number of rotatable bonds is 12. The number of halogens is 2. The Morgan fingerprint density at radius 3 is 2.61 bits per heavy atom. The summed E-state index contributed by atoms with van der Waals surface area (Å²) < 4.78 is 10.4. The molecule has 0 saturated heterocycles. The molecule has 1 aromatic rings. The van der Waals surface area contributed by atoms with Crippen LogP contribution in [-0.4, -0.2) is 45.8 Å². The van der Waals surface area contributed by atoms with Gasteiger partial charge in [0.05, 0.1) is 29.0 Å². The Hall–Kier alpha value is -0.850. The van der Waals surface area contributed by atoms with Crippen LogP contribution in [0.2, 0.25) is 10.0 Å². The maximum atomic E-state index is 6.07. The summed E-state index contributed by atoms with van der Waals surface area (Å²) in [6.45, 7) is 2.73. The number of nitrogens with zero attached hydrogens (tertiary/aromatic N) is 1. The second-order valence-corrected chi connectivity index (χ2v) is 5.67. The molecule has 0 bridgehead atoms. The second-order valence-electron chi connectivity index (χ2n) is 4.85. The SMILES string of the molecule is COCCOCCCCC(=NOCCN)c1ccc(Cl)c(Cl)c1. The highest BCUT2D eigenvalue weighted by Crippen LogP contribution is 2.24. The Balaban J connectivity index is 2.52. The van der Waals surface area contributed by atoms with E-state index in [2.05, 4.69) is 5.16 Å². The molecule has 0 fully saturated rings. The van der Waals surface area contributed by atoms with E-state index in [0.717, 1.165) is 30.5 Å². The molecule has 0 aliphatic carbocycles. The van der Waals surface area contributed by atoms with E-state index in [1.165, 1.54) is 0 Å². The molecule has 0 amide bonds. The first-order chi connectivity index (χ1) is 11.2. The third-order valence-corrected chi connectivity index (χ3v) is 3.76. The van der Waals surface area contributed by atoms with E-state index in [-0.39, 0.29) is 0 Å². The first-order valence-corrected chi connectivity index (χ1v) is 8.35. The molecular weight excluding hydrogens is 339 g/mol. The average molecular weight is 363 g/mol. The van der Waals surface area contributed by atoms with Gasteiger partial charge in [0.2, 0.25) is 0 Å². The molecule has 0 heterocycles. The van der Waals surface area contributed by atoms with Crippen LogP contribution >= 0.6 is 23.2 Å². The Bertz CT molecular complexity index is 484. The lowest BCUT2D eigenvalue weighted by molar-refractivity contribution is 0.0689. The zero-order valence-electron chi connectivity index (χ0n) is 13.4. The summed E-state index contributed by atoms with van der Waals surface area (Å²) in [4.78, 5) is 5.22. The minimum Gasteiger partial charge on any atom is -0.394 e. The number of ether oxygens (including phenoxy) is 2. The molecule has 0 aliphatic rings. The number of unbranched alkanes of at least 4 members (excludes halogenated alkanes) is 1. The maximum Gasteiger partial charge on any atom is 0.129 e. The smallest absolute Gasteiger partial charge is 0.129 e. The van der Waals surface area contributed by atoms with Crippen LogP contribution < -0.4 is 5.73 Å². The molecule has 0 atom stereocenters. The minimum absolute atomic E-state index is 0.380. The molecule has 0 saturated carbocycles. The number of methoxy groups -OCH3 is 1. The van der Waals surface area contributed by atoms with E-state index < -0.39 is 0 Å². The molecule has 0 spiro atoms. The van der Waals surface area contributed by atoms with Crippen LogP contribution in [0.4, 0.5) is 0 Å². The van der Waals surface area contributed by atoms with Crippen LogP contribution in [0.5, 0.6) is 0 Å². The summed E-state index contributed by atoms with van der Waals surface area (Å²) >= 11 is 12.0. The summed E-state index contributed by atoms with van der Waals surface area (Å²) in [6, 6.07) is 5.43. The molecule has 5 nitrogen and oxygen atoms in total. The van der Waals surface area contributed by atoms with Crippen molar-refractivity contribution in [3.63, 3.8) is 0 Å². The van der Waals surface area contributed by atoms with Crippen LogP contribution in [0.3, 0.4) is 0 Å².